The van der Waals surface area contributed by atoms with Gasteiger partial charge in [0.2, 0.25) is 5.91 Å². The predicted octanol–water partition coefficient (Wildman–Crippen LogP) is 5.84. The summed E-state index contributed by atoms with van der Waals surface area (Å²) in [4.78, 5) is 17.7. The number of fused-ring (bicyclic) bond motifs is 1. The molecule has 0 radical (unpaired) electrons. The number of hydrogen-bond acceptors (Lipinski definition) is 3. The number of para-hydroxylation sites is 3. The van der Waals surface area contributed by atoms with Gasteiger partial charge in [0.05, 0.1) is 16.3 Å². The van der Waals surface area contributed by atoms with Gasteiger partial charge in [0.1, 0.15) is 0 Å². The van der Waals surface area contributed by atoms with Crippen molar-refractivity contribution in [3.8, 4) is 11.1 Å². The predicted molar refractivity (Wildman–Crippen MR) is 121 cm³/mol. The van der Waals surface area contributed by atoms with Crippen LogP contribution in [0.3, 0.4) is 0 Å². The molecule has 1 aromatic heterocycles. The van der Waals surface area contributed by atoms with E-state index in [9.17, 15) is 4.79 Å². The van der Waals surface area contributed by atoms with Crippen LogP contribution in [-0.2, 0) is 11.3 Å². The van der Waals surface area contributed by atoms with Gasteiger partial charge >= 0.3 is 0 Å². The lowest BCUT2D eigenvalue weighted by atomic mass is 10.0. The average Bonchev–Trinajstić information content (AvgIpc) is 3.11. The zero-order valence-corrected chi connectivity index (χ0v) is 17.3. The quantitative estimate of drug-likeness (QED) is 0.413. The normalized spacial score (nSPS) is 12.1. The Bertz CT molecular complexity index is 1140. The number of carbonyl (C=O) groups is 1. The number of aryl methyl sites for hydroxylation is 1. The first-order chi connectivity index (χ1) is 14.2. The molecule has 0 aliphatic rings. The molecule has 146 valence electrons. The van der Waals surface area contributed by atoms with Crippen LogP contribution in [0, 0.1) is 0 Å². The van der Waals surface area contributed by atoms with Gasteiger partial charge < -0.3 is 9.88 Å². The molecule has 1 amide bonds. The molecule has 4 rings (SSSR count). The number of nitrogens with one attached hydrogen (secondary N) is 1. The van der Waals surface area contributed by atoms with Crippen molar-refractivity contribution in [2.45, 2.75) is 30.8 Å². The number of rotatable bonds is 6. The molecule has 29 heavy (non-hydrogen) atoms. The fourth-order valence-corrected chi connectivity index (χ4v) is 4.34. The molecule has 0 saturated heterocycles. The minimum absolute atomic E-state index is 0.0342. The van der Waals surface area contributed by atoms with Crippen LogP contribution < -0.4 is 5.32 Å². The highest BCUT2D eigenvalue weighted by Crippen LogP contribution is 2.30. The maximum Gasteiger partial charge on any atom is 0.237 e. The maximum atomic E-state index is 12.9. The Labute approximate surface area is 175 Å². The lowest BCUT2D eigenvalue weighted by Gasteiger charge is -2.15. The number of carbonyl (C=O) groups excluding carboxylic acids is 1. The summed E-state index contributed by atoms with van der Waals surface area (Å²) in [6.07, 6.45) is 0. The SMILES string of the molecule is CCn1c(SC(C)C(=O)Nc2ccccc2-c2ccccc2)nc2ccccc21. The molecule has 1 unspecified atom stereocenters. The standard InChI is InChI=1S/C24H23N3OS/c1-3-27-22-16-10-9-15-21(22)26-24(27)29-17(2)23(28)25-20-14-8-7-13-19(20)18-11-5-4-6-12-18/h4-17H,3H2,1-2H3,(H,25,28). The largest absolute Gasteiger partial charge is 0.325 e. The number of anilines is 1. The molecular formula is C24H23N3OS. The Kier molecular flexibility index (Phi) is 5.67. The topological polar surface area (TPSA) is 46.9 Å². The second-order valence-corrected chi connectivity index (χ2v) is 8.10. The van der Waals surface area contributed by atoms with E-state index in [1.54, 1.807) is 0 Å². The number of benzene rings is 3. The van der Waals surface area contributed by atoms with E-state index in [0.717, 1.165) is 39.5 Å². The maximum absolute atomic E-state index is 12.9. The highest BCUT2D eigenvalue weighted by molar-refractivity contribution is 8.00. The van der Waals surface area contributed by atoms with Gasteiger partial charge in [0, 0.05) is 17.8 Å². The van der Waals surface area contributed by atoms with Gasteiger partial charge in [-0.05, 0) is 37.6 Å². The Morgan fingerprint density at radius 1 is 1.00 bits per heavy atom. The molecule has 3 aromatic carbocycles. The van der Waals surface area contributed by atoms with Crippen LogP contribution in [0.4, 0.5) is 5.69 Å². The van der Waals surface area contributed by atoms with Crippen LogP contribution in [0.2, 0.25) is 0 Å². The lowest BCUT2D eigenvalue weighted by molar-refractivity contribution is -0.115. The molecule has 4 nitrogen and oxygen atoms in total. The van der Waals surface area contributed by atoms with Crippen molar-refractivity contribution >= 4 is 34.4 Å². The van der Waals surface area contributed by atoms with Crippen molar-refractivity contribution in [1.82, 2.24) is 9.55 Å². The van der Waals surface area contributed by atoms with Crippen molar-refractivity contribution < 1.29 is 4.79 Å². The van der Waals surface area contributed by atoms with Gasteiger partial charge in [-0.1, -0.05) is 72.4 Å². The third kappa shape index (κ3) is 4.05. The third-order valence-electron chi connectivity index (χ3n) is 4.86. The summed E-state index contributed by atoms with van der Waals surface area (Å²) in [7, 11) is 0. The van der Waals surface area contributed by atoms with Crippen molar-refractivity contribution in [2.75, 3.05) is 5.32 Å². The van der Waals surface area contributed by atoms with Crippen molar-refractivity contribution in [2.24, 2.45) is 0 Å². The summed E-state index contributed by atoms with van der Waals surface area (Å²) in [6.45, 7) is 4.83. The zero-order valence-electron chi connectivity index (χ0n) is 16.5. The van der Waals surface area contributed by atoms with Gasteiger partial charge in [-0.25, -0.2) is 4.98 Å². The van der Waals surface area contributed by atoms with E-state index < -0.39 is 0 Å². The minimum Gasteiger partial charge on any atom is -0.325 e. The van der Waals surface area contributed by atoms with E-state index in [-0.39, 0.29) is 11.2 Å². The summed E-state index contributed by atoms with van der Waals surface area (Å²) >= 11 is 1.49. The van der Waals surface area contributed by atoms with E-state index in [4.69, 9.17) is 4.98 Å². The molecule has 0 saturated carbocycles. The molecule has 1 atom stereocenters. The second kappa shape index (κ2) is 8.53. The molecule has 1 N–H and O–H groups in total. The monoisotopic (exact) mass is 401 g/mol. The van der Waals surface area contributed by atoms with E-state index in [1.807, 2.05) is 79.7 Å². The average molecular weight is 402 g/mol. The van der Waals surface area contributed by atoms with Gasteiger partial charge in [0.15, 0.2) is 5.16 Å². The minimum atomic E-state index is -0.277. The number of imidazole rings is 1. The van der Waals surface area contributed by atoms with Crippen molar-refractivity contribution in [1.29, 1.82) is 0 Å². The fraction of sp³-hybridized carbons (Fsp3) is 0.167. The van der Waals surface area contributed by atoms with Gasteiger partial charge in [-0.15, -0.1) is 0 Å². The summed E-state index contributed by atoms with van der Waals surface area (Å²) in [5.74, 6) is -0.0342. The Morgan fingerprint density at radius 3 is 2.48 bits per heavy atom. The van der Waals surface area contributed by atoms with Crippen molar-refractivity contribution in [3.63, 3.8) is 0 Å². The van der Waals surface area contributed by atoms with E-state index in [1.165, 1.54) is 11.8 Å². The van der Waals surface area contributed by atoms with Gasteiger partial charge in [0.25, 0.3) is 0 Å². The molecule has 0 bridgehead atoms. The summed E-state index contributed by atoms with van der Waals surface area (Å²) in [5.41, 5.74) is 4.97. The van der Waals surface area contributed by atoms with E-state index >= 15 is 0 Å². The molecule has 0 spiro atoms. The molecule has 4 aromatic rings. The van der Waals surface area contributed by atoms with Crippen molar-refractivity contribution in [3.05, 3.63) is 78.9 Å². The first-order valence-corrected chi connectivity index (χ1v) is 10.6. The smallest absolute Gasteiger partial charge is 0.237 e. The van der Waals surface area contributed by atoms with Crippen LogP contribution in [0.1, 0.15) is 13.8 Å². The summed E-state index contributed by atoms with van der Waals surface area (Å²) < 4.78 is 2.15. The number of hydrogen-bond donors (Lipinski definition) is 1. The number of aromatic nitrogens is 2. The molecule has 1 heterocycles. The summed E-state index contributed by atoms with van der Waals surface area (Å²) in [5, 5.41) is 3.69. The Hall–Kier alpha value is -3.05. The first kappa shape index (κ1) is 19.3. The number of thioether (sulfide) groups is 1. The molecule has 5 heteroatoms. The Balaban J connectivity index is 1.55. The van der Waals surface area contributed by atoms with Gasteiger partial charge in [-0.3, -0.25) is 4.79 Å². The van der Waals surface area contributed by atoms with Crippen LogP contribution in [-0.4, -0.2) is 20.7 Å². The lowest BCUT2D eigenvalue weighted by Crippen LogP contribution is -2.23. The highest BCUT2D eigenvalue weighted by atomic mass is 32.2. The zero-order chi connectivity index (χ0) is 20.2. The number of nitrogens with zero attached hydrogens (tertiary/aromatic N) is 2. The van der Waals surface area contributed by atoms with Crippen LogP contribution in [0.25, 0.3) is 22.2 Å². The van der Waals surface area contributed by atoms with Crippen LogP contribution >= 0.6 is 11.8 Å². The fourth-order valence-electron chi connectivity index (χ4n) is 3.36. The third-order valence-corrected chi connectivity index (χ3v) is 5.95. The number of amides is 1. The Morgan fingerprint density at radius 2 is 1.69 bits per heavy atom. The van der Waals surface area contributed by atoms with Crippen LogP contribution in [0.5, 0.6) is 0 Å². The first-order valence-electron chi connectivity index (χ1n) is 9.74. The molecule has 0 aliphatic carbocycles. The van der Waals surface area contributed by atoms with Gasteiger partial charge in [-0.2, -0.15) is 0 Å². The van der Waals surface area contributed by atoms with E-state index in [2.05, 4.69) is 22.9 Å². The molecular weight excluding hydrogens is 378 g/mol. The highest BCUT2D eigenvalue weighted by Gasteiger charge is 2.20. The van der Waals surface area contributed by atoms with E-state index in [0.29, 0.717) is 0 Å². The van der Waals surface area contributed by atoms with Crippen LogP contribution in [0.15, 0.2) is 84.0 Å². The summed E-state index contributed by atoms with van der Waals surface area (Å²) in [6, 6.07) is 26.1. The second-order valence-electron chi connectivity index (χ2n) is 6.79. The molecule has 0 fully saturated rings. The molecule has 0 aliphatic heterocycles.